The average molecular weight is 653 g/mol. The van der Waals surface area contributed by atoms with Crippen LogP contribution in [0, 0.1) is 0 Å². The Labute approximate surface area is 292 Å². The van der Waals surface area contributed by atoms with Crippen molar-refractivity contribution in [1.29, 1.82) is 0 Å². The van der Waals surface area contributed by atoms with E-state index in [2.05, 4.69) is 174 Å². The Hall–Kier alpha value is -6.29. The lowest BCUT2D eigenvalue weighted by Gasteiger charge is -2.13. The van der Waals surface area contributed by atoms with Crippen LogP contribution >= 0.6 is 11.3 Å². The number of aromatic nitrogens is 2. The van der Waals surface area contributed by atoms with Crippen LogP contribution in [-0.2, 0) is 0 Å². The predicted molar refractivity (Wildman–Crippen MR) is 215 cm³/mol. The van der Waals surface area contributed by atoms with Crippen LogP contribution < -0.4 is 0 Å². The molecule has 0 radical (unpaired) electrons. The van der Waals surface area contributed by atoms with Gasteiger partial charge >= 0.3 is 0 Å². The van der Waals surface area contributed by atoms with Gasteiger partial charge in [0.05, 0.1) is 26.9 Å². The molecule has 0 bridgehead atoms. The molecule has 0 saturated carbocycles. The van der Waals surface area contributed by atoms with Crippen molar-refractivity contribution in [1.82, 2.24) is 9.55 Å². The van der Waals surface area contributed by atoms with Crippen LogP contribution in [0.15, 0.2) is 170 Å². The number of hydrogen-bond acceptors (Lipinski definition) is 2. The van der Waals surface area contributed by atoms with Gasteiger partial charge in [-0.05, 0) is 73.8 Å². The minimum Gasteiger partial charge on any atom is -0.307 e. The first-order valence-corrected chi connectivity index (χ1v) is 17.9. The zero-order valence-corrected chi connectivity index (χ0v) is 27.8. The number of para-hydroxylation sites is 2. The van der Waals surface area contributed by atoms with E-state index in [0.717, 1.165) is 28.0 Å². The lowest BCUT2D eigenvalue weighted by molar-refractivity contribution is 1.17. The Morgan fingerprint density at radius 1 is 0.420 bits per heavy atom. The molecular formula is C47H28N2S. The van der Waals surface area contributed by atoms with Crippen molar-refractivity contribution < 1.29 is 0 Å². The summed E-state index contributed by atoms with van der Waals surface area (Å²) in [6.07, 6.45) is 0. The van der Waals surface area contributed by atoms with Gasteiger partial charge in [-0.1, -0.05) is 140 Å². The Bertz CT molecular complexity index is 3100. The average Bonchev–Trinajstić information content (AvgIpc) is 3.74. The summed E-state index contributed by atoms with van der Waals surface area (Å²) in [5, 5.41) is 11.5. The van der Waals surface area contributed by atoms with Gasteiger partial charge in [-0.2, -0.15) is 0 Å². The molecule has 0 aliphatic carbocycles. The fourth-order valence-electron chi connectivity index (χ4n) is 8.13. The van der Waals surface area contributed by atoms with E-state index in [9.17, 15) is 0 Å². The molecule has 0 unspecified atom stereocenters. The summed E-state index contributed by atoms with van der Waals surface area (Å²) < 4.78 is 4.91. The van der Waals surface area contributed by atoms with Crippen molar-refractivity contribution >= 4 is 85.8 Å². The Balaban J connectivity index is 1.16. The highest BCUT2D eigenvalue weighted by atomic mass is 32.1. The van der Waals surface area contributed by atoms with Crippen molar-refractivity contribution in [2.75, 3.05) is 0 Å². The molecule has 50 heavy (non-hydrogen) atoms. The lowest BCUT2D eigenvalue weighted by Crippen LogP contribution is -1.97. The van der Waals surface area contributed by atoms with Gasteiger partial charge in [-0.3, -0.25) is 0 Å². The van der Waals surface area contributed by atoms with Crippen molar-refractivity contribution in [2.24, 2.45) is 0 Å². The highest BCUT2D eigenvalue weighted by molar-refractivity contribution is 7.26. The van der Waals surface area contributed by atoms with E-state index in [1.54, 1.807) is 0 Å². The maximum Gasteiger partial charge on any atom is 0.0957 e. The van der Waals surface area contributed by atoms with Gasteiger partial charge < -0.3 is 4.57 Å². The van der Waals surface area contributed by atoms with Crippen molar-refractivity contribution in [3.8, 4) is 28.1 Å². The van der Waals surface area contributed by atoms with E-state index < -0.39 is 0 Å². The topological polar surface area (TPSA) is 17.8 Å². The maximum atomic E-state index is 5.54. The highest BCUT2D eigenvalue weighted by Gasteiger charge is 2.23. The van der Waals surface area contributed by atoms with E-state index in [4.69, 9.17) is 4.98 Å². The third-order valence-electron chi connectivity index (χ3n) is 10.4. The number of benzene rings is 8. The molecule has 0 N–H and O–H groups in total. The first kappa shape index (κ1) is 27.6. The highest BCUT2D eigenvalue weighted by Crippen LogP contribution is 2.46. The summed E-state index contributed by atoms with van der Waals surface area (Å²) in [6.45, 7) is 0. The Morgan fingerprint density at radius 2 is 0.960 bits per heavy atom. The van der Waals surface area contributed by atoms with Crippen LogP contribution in [0.2, 0.25) is 0 Å². The summed E-state index contributed by atoms with van der Waals surface area (Å²) in [7, 11) is 0. The third kappa shape index (κ3) is 3.92. The molecule has 0 fully saturated rings. The zero-order valence-electron chi connectivity index (χ0n) is 27.0. The first-order valence-electron chi connectivity index (χ1n) is 17.1. The van der Waals surface area contributed by atoms with Crippen molar-refractivity contribution in [3.63, 3.8) is 0 Å². The van der Waals surface area contributed by atoms with Crippen LogP contribution in [0.5, 0.6) is 0 Å². The molecule has 0 saturated heterocycles. The third-order valence-corrected chi connectivity index (χ3v) is 11.5. The zero-order chi connectivity index (χ0) is 32.8. The van der Waals surface area contributed by atoms with Crippen molar-refractivity contribution in [3.05, 3.63) is 170 Å². The molecule has 8 aromatic carbocycles. The fourth-order valence-corrected chi connectivity index (χ4v) is 9.33. The minimum absolute atomic E-state index is 0.999. The van der Waals surface area contributed by atoms with Gasteiger partial charge in [0.2, 0.25) is 0 Å². The quantitative estimate of drug-likeness (QED) is 0.174. The fraction of sp³-hybridized carbons (Fsp3) is 0. The van der Waals surface area contributed by atoms with Crippen LogP contribution in [-0.4, -0.2) is 9.55 Å². The second-order valence-electron chi connectivity index (χ2n) is 13.1. The predicted octanol–water partition coefficient (Wildman–Crippen LogP) is 13.3. The molecule has 0 aliphatic heterocycles. The molecule has 232 valence electrons. The molecule has 0 amide bonds. The number of hydrogen-bond donors (Lipinski definition) is 0. The summed E-state index contributed by atoms with van der Waals surface area (Å²) >= 11 is 1.84. The number of pyridine rings is 1. The second kappa shape index (κ2) is 10.6. The summed E-state index contributed by atoms with van der Waals surface area (Å²) in [4.78, 5) is 5.54. The molecule has 2 nitrogen and oxygen atoms in total. The molecule has 11 rings (SSSR count). The standard InChI is InChI=1S/C47H28N2S/c1-2-12-32(13-3-1)49-41-20-10-8-18-38(41)43-46(49)44(48-45-39-19-9-11-21-42(39)50-47(43)45)30-24-22-29(23-25-30)31-26-27-37-35-16-5-4-14-33(35)34-15-6-7-17-36(34)40(37)28-31/h1-28H. The van der Waals surface area contributed by atoms with E-state index in [1.807, 2.05) is 11.3 Å². The molecule has 0 spiro atoms. The summed E-state index contributed by atoms with van der Waals surface area (Å²) in [5.74, 6) is 0. The molecule has 3 heterocycles. The van der Waals surface area contributed by atoms with Crippen LogP contribution in [0.4, 0.5) is 0 Å². The lowest BCUT2D eigenvalue weighted by atomic mass is 9.92. The number of nitrogens with zero attached hydrogens (tertiary/aromatic N) is 2. The maximum absolute atomic E-state index is 5.54. The molecule has 3 aromatic heterocycles. The largest absolute Gasteiger partial charge is 0.307 e. The molecule has 0 atom stereocenters. The molecule has 3 heteroatoms. The Kier molecular flexibility index (Phi) is 5.86. The van der Waals surface area contributed by atoms with Gasteiger partial charge in [0.15, 0.2) is 0 Å². The van der Waals surface area contributed by atoms with E-state index in [-0.39, 0.29) is 0 Å². The van der Waals surface area contributed by atoms with Gasteiger partial charge in [0.25, 0.3) is 0 Å². The summed E-state index contributed by atoms with van der Waals surface area (Å²) in [6, 6.07) is 61.7. The van der Waals surface area contributed by atoms with Gasteiger partial charge in [0, 0.05) is 32.1 Å². The van der Waals surface area contributed by atoms with Crippen LogP contribution in [0.25, 0.3) is 102 Å². The van der Waals surface area contributed by atoms with Gasteiger partial charge in [-0.25, -0.2) is 4.98 Å². The monoisotopic (exact) mass is 652 g/mol. The number of fused-ring (bicyclic) bond motifs is 13. The second-order valence-corrected chi connectivity index (χ2v) is 14.1. The molecule has 11 aromatic rings. The normalized spacial score (nSPS) is 12.0. The first-order chi connectivity index (χ1) is 24.8. The molecule has 0 aliphatic rings. The van der Waals surface area contributed by atoms with Crippen LogP contribution in [0.3, 0.4) is 0 Å². The summed E-state index contributed by atoms with van der Waals surface area (Å²) in [5.41, 5.74) is 9.04. The van der Waals surface area contributed by atoms with E-state index in [0.29, 0.717) is 0 Å². The number of thiophene rings is 1. The SMILES string of the molecule is c1ccc(-n2c3ccccc3c3c4sc5ccccc5c4nc(-c4ccc(-c5ccc6c7ccccc7c7ccccc7c6c5)cc4)c32)cc1. The smallest absolute Gasteiger partial charge is 0.0957 e. The van der Waals surface area contributed by atoms with Gasteiger partial charge in [-0.15, -0.1) is 11.3 Å². The Morgan fingerprint density at radius 3 is 1.68 bits per heavy atom. The minimum atomic E-state index is 0.999. The van der Waals surface area contributed by atoms with Gasteiger partial charge in [0.1, 0.15) is 0 Å². The van der Waals surface area contributed by atoms with E-state index in [1.165, 1.54) is 74.5 Å². The molecular weight excluding hydrogens is 625 g/mol. The van der Waals surface area contributed by atoms with E-state index >= 15 is 0 Å². The van der Waals surface area contributed by atoms with Crippen LogP contribution in [0.1, 0.15) is 0 Å². The van der Waals surface area contributed by atoms with Crippen molar-refractivity contribution in [2.45, 2.75) is 0 Å². The number of rotatable bonds is 3.